The summed E-state index contributed by atoms with van der Waals surface area (Å²) in [6, 6.07) is 0. The largest absolute Gasteiger partial charge is 0.279 e. The summed E-state index contributed by atoms with van der Waals surface area (Å²) in [5.41, 5.74) is 1.65. The standard InChI is InChI=1S/C23H34N4OS2/c1-6-7-8-9-10-13-29-22-25-24-21-26(5)19(28)18-16-12-11-15(23(2,3)4)14-17(16)30-20(18)27(21)22/h15H,6-14H2,1-5H3/t15-/m0/s1. The van der Waals surface area contributed by atoms with Crippen LogP contribution in [0.25, 0.3) is 16.0 Å². The van der Waals surface area contributed by atoms with Gasteiger partial charge < -0.3 is 0 Å². The van der Waals surface area contributed by atoms with Gasteiger partial charge in [0.15, 0.2) is 5.16 Å². The van der Waals surface area contributed by atoms with Crippen LogP contribution in [0.1, 0.15) is 76.7 Å². The third kappa shape index (κ3) is 3.95. The van der Waals surface area contributed by atoms with E-state index in [1.165, 1.54) is 42.5 Å². The van der Waals surface area contributed by atoms with Gasteiger partial charge in [0, 0.05) is 17.7 Å². The summed E-state index contributed by atoms with van der Waals surface area (Å²) < 4.78 is 3.83. The second-order valence-corrected chi connectivity index (χ2v) is 11.9. The number of unbranched alkanes of at least 4 members (excludes halogenated alkanes) is 4. The molecule has 0 unspecified atom stereocenters. The Morgan fingerprint density at radius 3 is 2.67 bits per heavy atom. The number of rotatable bonds is 7. The van der Waals surface area contributed by atoms with Gasteiger partial charge >= 0.3 is 0 Å². The Morgan fingerprint density at radius 1 is 1.17 bits per heavy atom. The monoisotopic (exact) mass is 446 g/mol. The van der Waals surface area contributed by atoms with Crippen molar-refractivity contribution < 1.29 is 0 Å². The van der Waals surface area contributed by atoms with E-state index >= 15 is 0 Å². The molecule has 1 atom stereocenters. The molecular formula is C23H34N4OS2. The Hall–Kier alpha value is -1.34. The lowest BCUT2D eigenvalue weighted by molar-refractivity contribution is 0.218. The van der Waals surface area contributed by atoms with Gasteiger partial charge in [-0.25, -0.2) is 4.40 Å². The average molecular weight is 447 g/mol. The van der Waals surface area contributed by atoms with Gasteiger partial charge in [0.2, 0.25) is 5.78 Å². The Bertz CT molecular complexity index is 1100. The minimum atomic E-state index is 0.0766. The van der Waals surface area contributed by atoms with Crippen LogP contribution in [0.3, 0.4) is 0 Å². The maximum atomic E-state index is 13.2. The molecule has 0 N–H and O–H groups in total. The molecule has 3 aromatic rings. The van der Waals surface area contributed by atoms with Crippen LogP contribution >= 0.6 is 23.1 Å². The quantitative estimate of drug-likeness (QED) is 0.337. The summed E-state index contributed by atoms with van der Waals surface area (Å²) in [5, 5.41) is 10.7. The fourth-order valence-electron chi connectivity index (χ4n) is 4.57. The Morgan fingerprint density at radius 2 is 1.93 bits per heavy atom. The van der Waals surface area contributed by atoms with Gasteiger partial charge in [0.25, 0.3) is 5.56 Å². The lowest BCUT2D eigenvalue weighted by Gasteiger charge is -2.33. The number of fused-ring (bicyclic) bond motifs is 5. The molecule has 0 radical (unpaired) electrons. The van der Waals surface area contributed by atoms with Crippen LogP contribution in [0.4, 0.5) is 0 Å². The summed E-state index contributed by atoms with van der Waals surface area (Å²) in [7, 11) is 1.83. The van der Waals surface area contributed by atoms with E-state index in [0.29, 0.717) is 17.1 Å². The number of hydrogen-bond acceptors (Lipinski definition) is 5. The third-order valence-corrected chi connectivity index (χ3v) is 8.84. The van der Waals surface area contributed by atoms with Crippen molar-refractivity contribution in [3.05, 3.63) is 20.8 Å². The summed E-state index contributed by atoms with van der Waals surface area (Å²) in [6.07, 6.45) is 9.60. The third-order valence-electron chi connectivity index (χ3n) is 6.59. The lowest BCUT2D eigenvalue weighted by atomic mass is 9.72. The van der Waals surface area contributed by atoms with Crippen molar-refractivity contribution in [2.24, 2.45) is 18.4 Å². The molecule has 1 aliphatic rings. The zero-order valence-corrected chi connectivity index (χ0v) is 20.6. The van der Waals surface area contributed by atoms with Gasteiger partial charge in [0.1, 0.15) is 4.83 Å². The van der Waals surface area contributed by atoms with Gasteiger partial charge in [-0.15, -0.1) is 21.5 Å². The molecule has 1 aliphatic carbocycles. The van der Waals surface area contributed by atoms with E-state index in [2.05, 4.69) is 42.3 Å². The molecular weight excluding hydrogens is 412 g/mol. The second-order valence-electron chi connectivity index (χ2n) is 9.73. The zero-order valence-electron chi connectivity index (χ0n) is 19.0. The average Bonchev–Trinajstić information content (AvgIpc) is 3.29. The highest BCUT2D eigenvalue weighted by Crippen LogP contribution is 2.43. The van der Waals surface area contributed by atoms with Crippen LogP contribution in [0.5, 0.6) is 0 Å². The van der Waals surface area contributed by atoms with E-state index < -0.39 is 0 Å². The van der Waals surface area contributed by atoms with Gasteiger partial charge in [-0.05, 0) is 42.6 Å². The van der Waals surface area contributed by atoms with Gasteiger partial charge in [-0.1, -0.05) is 65.1 Å². The van der Waals surface area contributed by atoms with Crippen molar-refractivity contribution >= 4 is 39.1 Å². The van der Waals surface area contributed by atoms with Crippen molar-refractivity contribution in [2.75, 3.05) is 5.75 Å². The summed E-state index contributed by atoms with van der Waals surface area (Å²) >= 11 is 3.57. The van der Waals surface area contributed by atoms with E-state index in [9.17, 15) is 4.79 Å². The van der Waals surface area contributed by atoms with E-state index in [-0.39, 0.29) is 5.56 Å². The minimum Gasteiger partial charge on any atom is -0.279 e. The number of thioether (sulfide) groups is 1. The fourth-order valence-corrected chi connectivity index (χ4v) is 6.97. The van der Waals surface area contributed by atoms with Crippen LogP contribution in [0.2, 0.25) is 0 Å². The smallest absolute Gasteiger partial charge is 0.263 e. The highest BCUT2D eigenvalue weighted by Gasteiger charge is 2.32. The molecule has 7 heteroatoms. The maximum Gasteiger partial charge on any atom is 0.263 e. The molecule has 4 rings (SSSR count). The number of nitrogens with zero attached hydrogens (tertiary/aromatic N) is 4. The molecule has 5 nitrogen and oxygen atoms in total. The Balaban J connectivity index is 1.71. The van der Waals surface area contributed by atoms with E-state index in [0.717, 1.165) is 40.4 Å². The first-order valence-electron chi connectivity index (χ1n) is 11.3. The van der Waals surface area contributed by atoms with Crippen molar-refractivity contribution in [1.29, 1.82) is 0 Å². The second kappa shape index (κ2) is 8.65. The molecule has 0 aliphatic heterocycles. The topological polar surface area (TPSA) is 52.2 Å². The van der Waals surface area contributed by atoms with Crippen LogP contribution in [0, 0.1) is 11.3 Å². The predicted octanol–water partition coefficient (Wildman–Crippen LogP) is 5.86. The minimum absolute atomic E-state index is 0.0766. The predicted molar refractivity (Wildman–Crippen MR) is 128 cm³/mol. The normalized spacial score (nSPS) is 17.2. The summed E-state index contributed by atoms with van der Waals surface area (Å²) in [6.45, 7) is 9.25. The van der Waals surface area contributed by atoms with Crippen LogP contribution in [-0.2, 0) is 19.9 Å². The lowest BCUT2D eigenvalue weighted by Crippen LogP contribution is -2.27. The highest BCUT2D eigenvalue weighted by atomic mass is 32.2. The van der Waals surface area contributed by atoms with Gasteiger partial charge in [0.05, 0.1) is 5.39 Å². The van der Waals surface area contributed by atoms with Crippen molar-refractivity contribution in [3.63, 3.8) is 0 Å². The molecule has 0 amide bonds. The fraction of sp³-hybridized carbons (Fsp3) is 0.696. The molecule has 0 aromatic carbocycles. The summed E-state index contributed by atoms with van der Waals surface area (Å²) in [5.74, 6) is 2.37. The molecule has 0 fully saturated rings. The first-order valence-corrected chi connectivity index (χ1v) is 13.1. The summed E-state index contributed by atoms with van der Waals surface area (Å²) in [4.78, 5) is 15.6. The first kappa shape index (κ1) is 21.9. The van der Waals surface area contributed by atoms with Crippen molar-refractivity contribution in [2.45, 2.75) is 84.2 Å². The van der Waals surface area contributed by atoms with Crippen molar-refractivity contribution in [1.82, 2.24) is 19.2 Å². The van der Waals surface area contributed by atoms with E-state index in [4.69, 9.17) is 0 Å². The molecule has 164 valence electrons. The number of aryl methyl sites for hydroxylation is 2. The molecule has 30 heavy (non-hydrogen) atoms. The van der Waals surface area contributed by atoms with Crippen LogP contribution in [-0.4, -0.2) is 24.9 Å². The number of thiophene rings is 1. The van der Waals surface area contributed by atoms with Crippen LogP contribution < -0.4 is 5.56 Å². The molecule has 3 aromatic heterocycles. The molecule has 0 bridgehead atoms. The Labute approximate surface area is 187 Å². The number of hydrogen-bond donors (Lipinski definition) is 0. The van der Waals surface area contributed by atoms with Gasteiger partial charge in [-0.2, -0.15) is 0 Å². The van der Waals surface area contributed by atoms with E-state index in [1.54, 1.807) is 27.7 Å². The molecule has 0 spiro atoms. The van der Waals surface area contributed by atoms with Crippen LogP contribution in [0.15, 0.2) is 9.95 Å². The molecule has 0 saturated heterocycles. The zero-order chi connectivity index (χ0) is 21.5. The Kier molecular flexibility index (Phi) is 6.31. The van der Waals surface area contributed by atoms with E-state index in [1.807, 2.05) is 7.05 Å². The molecule has 3 heterocycles. The SMILES string of the molecule is CCCCCCCSc1nnc2n(C)c(=O)c3c4c(sc3n12)C[C@@H](C(C)(C)C)CC4. The maximum absolute atomic E-state index is 13.2. The highest BCUT2D eigenvalue weighted by molar-refractivity contribution is 7.99. The molecule has 0 saturated carbocycles. The van der Waals surface area contributed by atoms with Gasteiger partial charge in [-0.3, -0.25) is 9.36 Å². The number of aromatic nitrogens is 4. The van der Waals surface area contributed by atoms with Crippen molar-refractivity contribution in [3.8, 4) is 0 Å². The first-order chi connectivity index (χ1) is 14.3.